The number of unbranched alkanes of at least 4 members (excludes halogenated alkanes) is 2. The maximum absolute atomic E-state index is 12.2. The van der Waals surface area contributed by atoms with Gasteiger partial charge in [0.15, 0.2) is 0 Å². The maximum Gasteiger partial charge on any atom is 0.314 e. The smallest absolute Gasteiger partial charge is 0.314 e. The summed E-state index contributed by atoms with van der Waals surface area (Å²) in [7, 11) is 0. The molecule has 0 radical (unpaired) electrons. The first-order valence-corrected chi connectivity index (χ1v) is 10.3. The van der Waals surface area contributed by atoms with Crippen LogP contribution in [0.3, 0.4) is 0 Å². The fraction of sp³-hybridized carbons (Fsp3) is 0.542. The number of hydrogen-bond donors (Lipinski definition) is 1. The van der Waals surface area contributed by atoms with Gasteiger partial charge in [-0.15, -0.1) is 0 Å². The molecule has 2 aliphatic carbocycles. The number of allylic oxidation sites excluding steroid dienone is 3. The molecule has 3 rings (SSSR count). The molecule has 2 heteroatoms. The number of carbonyl (C=O) groups is 1. The summed E-state index contributed by atoms with van der Waals surface area (Å²) < 4.78 is 0. The molecule has 26 heavy (non-hydrogen) atoms. The van der Waals surface area contributed by atoms with Crippen LogP contribution >= 0.6 is 0 Å². The Kier molecular flexibility index (Phi) is 6.34. The number of carboxylic acid groups (broad SMARTS) is 1. The third-order valence-corrected chi connectivity index (χ3v) is 6.52. The highest BCUT2D eigenvalue weighted by Crippen LogP contribution is 2.47. The van der Waals surface area contributed by atoms with Gasteiger partial charge in [0.2, 0.25) is 0 Å². The molecule has 0 aliphatic heterocycles. The van der Waals surface area contributed by atoms with Crippen molar-refractivity contribution in [2.75, 3.05) is 0 Å². The van der Waals surface area contributed by atoms with E-state index < -0.39 is 11.4 Å². The van der Waals surface area contributed by atoms with Crippen LogP contribution < -0.4 is 0 Å². The number of carboxylic acids is 1. The van der Waals surface area contributed by atoms with Crippen LogP contribution in [-0.4, -0.2) is 11.1 Å². The molecule has 0 spiro atoms. The van der Waals surface area contributed by atoms with Crippen molar-refractivity contribution in [2.45, 2.75) is 64.7 Å². The fourth-order valence-corrected chi connectivity index (χ4v) is 4.78. The SMILES string of the molecule is CCCCCC1CCC(C2(C(=O)O)C=CC(c3ccccc3)=CC2)CC1. The van der Waals surface area contributed by atoms with Gasteiger partial charge in [-0.1, -0.05) is 94.0 Å². The molecule has 140 valence electrons. The zero-order chi connectivity index (χ0) is 18.4. The lowest BCUT2D eigenvalue weighted by atomic mass is 9.63. The molecule has 0 amide bonds. The Hall–Kier alpha value is -1.83. The molecule has 1 saturated carbocycles. The lowest BCUT2D eigenvalue weighted by Gasteiger charge is -2.40. The van der Waals surface area contributed by atoms with E-state index in [0.717, 1.165) is 24.3 Å². The molecule has 0 bridgehead atoms. The predicted octanol–water partition coefficient (Wildman–Crippen LogP) is 6.49. The Bertz CT molecular complexity index is 650. The molecule has 0 aromatic heterocycles. The second kappa shape index (κ2) is 8.70. The largest absolute Gasteiger partial charge is 0.481 e. The van der Waals surface area contributed by atoms with Crippen molar-refractivity contribution in [3.63, 3.8) is 0 Å². The third kappa shape index (κ3) is 4.11. The van der Waals surface area contributed by atoms with Crippen LogP contribution in [0.15, 0.2) is 48.6 Å². The van der Waals surface area contributed by atoms with Gasteiger partial charge in [0.1, 0.15) is 0 Å². The van der Waals surface area contributed by atoms with Gasteiger partial charge in [0.05, 0.1) is 5.41 Å². The minimum Gasteiger partial charge on any atom is -0.481 e. The first kappa shape index (κ1) is 18.9. The van der Waals surface area contributed by atoms with Crippen LogP contribution in [0.1, 0.15) is 70.3 Å². The van der Waals surface area contributed by atoms with Crippen molar-refractivity contribution in [1.29, 1.82) is 0 Å². The third-order valence-electron chi connectivity index (χ3n) is 6.52. The Morgan fingerprint density at radius 1 is 1.12 bits per heavy atom. The number of aliphatic carboxylic acids is 1. The van der Waals surface area contributed by atoms with Crippen LogP contribution in [0, 0.1) is 17.3 Å². The van der Waals surface area contributed by atoms with Gasteiger partial charge in [-0.3, -0.25) is 4.79 Å². The quantitative estimate of drug-likeness (QED) is 0.570. The van der Waals surface area contributed by atoms with Crippen LogP contribution in [0.2, 0.25) is 0 Å². The molecule has 1 N–H and O–H groups in total. The molecule has 1 fully saturated rings. The summed E-state index contributed by atoms with van der Waals surface area (Å²) >= 11 is 0. The van der Waals surface area contributed by atoms with Crippen LogP contribution in [-0.2, 0) is 4.79 Å². The van der Waals surface area contributed by atoms with Gasteiger partial charge in [0.25, 0.3) is 0 Å². The molecule has 2 aliphatic rings. The van der Waals surface area contributed by atoms with Gasteiger partial charge in [0, 0.05) is 0 Å². The van der Waals surface area contributed by atoms with E-state index in [0.29, 0.717) is 6.42 Å². The molecule has 0 saturated heterocycles. The molecular weight excluding hydrogens is 320 g/mol. The fourth-order valence-electron chi connectivity index (χ4n) is 4.78. The van der Waals surface area contributed by atoms with Crippen molar-refractivity contribution in [1.82, 2.24) is 0 Å². The van der Waals surface area contributed by atoms with Crippen molar-refractivity contribution in [3.8, 4) is 0 Å². The van der Waals surface area contributed by atoms with Crippen molar-refractivity contribution >= 4 is 11.5 Å². The monoisotopic (exact) mass is 352 g/mol. The average molecular weight is 353 g/mol. The van der Waals surface area contributed by atoms with E-state index >= 15 is 0 Å². The molecule has 1 aromatic carbocycles. The minimum atomic E-state index is -0.702. The summed E-state index contributed by atoms with van der Waals surface area (Å²) in [5.41, 5.74) is 1.62. The van der Waals surface area contributed by atoms with Gasteiger partial charge >= 0.3 is 5.97 Å². The first-order valence-electron chi connectivity index (χ1n) is 10.3. The maximum atomic E-state index is 12.2. The first-order chi connectivity index (χ1) is 12.7. The summed E-state index contributed by atoms with van der Waals surface area (Å²) in [6, 6.07) is 10.2. The van der Waals surface area contributed by atoms with Gasteiger partial charge < -0.3 is 5.11 Å². The minimum absolute atomic E-state index is 0.271. The molecule has 2 nitrogen and oxygen atoms in total. The van der Waals surface area contributed by atoms with Gasteiger partial charge in [-0.2, -0.15) is 0 Å². The van der Waals surface area contributed by atoms with Crippen molar-refractivity contribution in [2.24, 2.45) is 17.3 Å². The molecule has 1 aromatic rings. The lowest BCUT2D eigenvalue weighted by Crippen LogP contribution is -2.39. The topological polar surface area (TPSA) is 37.3 Å². The summed E-state index contributed by atoms with van der Waals surface area (Å²) in [6.45, 7) is 2.25. The Labute approximate surface area is 158 Å². The standard InChI is InChI=1S/C24H32O2/c1-2-3-5-8-19-11-13-22(14-12-19)24(23(25)26)17-15-21(16-18-24)20-9-6-4-7-10-20/h4,6-7,9-10,15-17,19,22H,2-3,5,8,11-14,18H2,1H3,(H,25,26). The number of benzene rings is 1. The van der Waals surface area contributed by atoms with Gasteiger partial charge in [-0.25, -0.2) is 0 Å². The Morgan fingerprint density at radius 2 is 1.85 bits per heavy atom. The zero-order valence-corrected chi connectivity index (χ0v) is 16.0. The zero-order valence-electron chi connectivity index (χ0n) is 16.0. The van der Waals surface area contributed by atoms with E-state index in [2.05, 4.69) is 25.1 Å². The van der Waals surface area contributed by atoms with E-state index in [9.17, 15) is 9.90 Å². The normalized spacial score (nSPS) is 28.6. The van der Waals surface area contributed by atoms with E-state index in [1.807, 2.05) is 30.4 Å². The summed E-state index contributed by atoms with van der Waals surface area (Å²) in [6.07, 6.45) is 16.6. The molecular formula is C24H32O2. The van der Waals surface area contributed by atoms with Crippen LogP contribution in [0.5, 0.6) is 0 Å². The van der Waals surface area contributed by atoms with E-state index in [-0.39, 0.29) is 5.92 Å². The highest BCUT2D eigenvalue weighted by atomic mass is 16.4. The Morgan fingerprint density at radius 3 is 2.42 bits per heavy atom. The second-order valence-corrected chi connectivity index (χ2v) is 8.12. The van der Waals surface area contributed by atoms with Crippen LogP contribution in [0.25, 0.3) is 5.57 Å². The highest BCUT2D eigenvalue weighted by Gasteiger charge is 2.45. The van der Waals surface area contributed by atoms with E-state index in [4.69, 9.17) is 0 Å². The predicted molar refractivity (Wildman–Crippen MR) is 108 cm³/mol. The summed E-state index contributed by atoms with van der Waals surface area (Å²) in [5.74, 6) is 0.436. The number of rotatable bonds is 7. The van der Waals surface area contributed by atoms with Crippen molar-refractivity contribution < 1.29 is 9.90 Å². The average Bonchev–Trinajstić information content (AvgIpc) is 2.69. The molecule has 1 atom stereocenters. The van der Waals surface area contributed by atoms with E-state index in [1.54, 1.807) is 0 Å². The lowest BCUT2D eigenvalue weighted by molar-refractivity contribution is -0.149. The van der Waals surface area contributed by atoms with Crippen LogP contribution in [0.4, 0.5) is 0 Å². The van der Waals surface area contributed by atoms with Gasteiger partial charge in [-0.05, 0) is 42.2 Å². The van der Waals surface area contributed by atoms with E-state index in [1.165, 1.54) is 44.1 Å². The summed E-state index contributed by atoms with van der Waals surface area (Å²) in [4.78, 5) is 12.2. The van der Waals surface area contributed by atoms with Crippen molar-refractivity contribution in [3.05, 3.63) is 54.1 Å². The molecule has 0 heterocycles. The summed E-state index contributed by atoms with van der Waals surface area (Å²) in [5, 5.41) is 10.1. The second-order valence-electron chi connectivity index (χ2n) is 8.12. The molecule has 1 unspecified atom stereocenters. The number of hydrogen-bond acceptors (Lipinski definition) is 1. The Balaban J connectivity index is 1.65. The highest BCUT2D eigenvalue weighted by molar-refractivity contribution is 5.83.